The molecule has 0 aliphatic rings. The van der Waals surface area contributed by atoms with Gasteiger partial charge >= 0.3 is 0 Å². The SMILES string of the molecule is CSc1nc(Cl)c2ccccc2n1. The lowest BCUT2D eigenvalue weighted by atomic mass is 10.2. The number of fused-ring (bicyclic) bond motifs is 1. The summed E-state index contributed by atoms with van der Waals surface area (Å²) in [6.45, 7) is 0. The number of benzene rings is 1. The Morgan fingerprint density at radius 2 is 2.00 bits per heavy atom. The van der Waals surface area contributed by atoms with Crippen molar-refractivity contribution in [2.45, 2.75) is 5.16 Å². The van der Waals surface area contributed by atoms with Gasteiger partial charge in [0.05, 0.1) is 5.52 Å². The first-order valence-electron chi connectivity index (χ1n) is 3.77. The molecular formula is C9H7ClN2S. The third kappa shape index (κ3) is 1.62. The van der Waals surface area contributed by atoms with Gasteiger partial charge < -0.3 is 0 Å². The maximum atomic E-state index is 5.98. The Labute approximate surface area is 85.3 Å². The van der Waals surface area contributed by atoms with Crippen molar-refractivity contribution >= 4 is 34.3 Å². The highest BCUT2D eigenvalue weighted by Crippen LogP contribution is 2.22. The lowest BCUT2D eigenvalue weighted by Gasteiger charge is -2.00. The molecule has 0 aliphatic carbocycles. The van der Waals surface area contributed by atoms with Crippen molar-refractivity contribution < 1.29 is 0 Å². The van der Waals surface area contributed by atoms with Gasteiger partial charge in [0.1, 0.15) is 5.15 Å². The van der Waals surface area contributed by atoms with E-state index < -0.39 is 0 Å². The van der Waals surface area contributed by atoms with Gasteiger partial charge in [0.25, 0.3) is 0 Å². The number of hydrogen-bond acceptors (Lipinski definition) is 3. The molecule has 0 atom stereocenters. The van der Waals surface area contributed by atoms with E-state index >= 15 is 0 Å². The van der Waals surface area contributed by atoms with Gasteiger partial charge in [-0.2, -0.15) is 0 Å². The van der Waals surface area contributed by atoms with Crippen molar-refractivity contribution in [2.75, 3.05) is 6.26 Å². The fourth-order valence-electron chi connectivity index (χ4n) is 1.11. The molecule has 0 radical (unpaired) electrons. The van der Waals surface area contributed by atoms with Crippen molar-refractivity contribution in [3.05, 3.63) is 29.4 Å². The highest BCUT2D eigenvalue weighted by Gasteiger charge is 2.03. The number of nitrogens with zero attached hydrogens (tertiary/aromatic N) is 2. The van der Waals surface area contributed by atoms with E-state index in [1.54, 1.807) is 0 Å². The van der Waals surface area contributed by atoms with Crippen LogP contribution in [0, 0.1) is 0 Å². The highest BCUT2D eigenvalue weighted by atomic mass is 35.5. The van der Waals surface area contributed by atoms with Crippen LogP contribution in [0.25, 0.3) is 10.9 Å². The smallest absolute Gasteiger partial charge is 0.189 e. The van der Waals surface area contributed by atoms with E-state index in [2.05, 4.69) is 9.97 Å². The molecule has 2 aromatic rings. The summed E-state index contributed by atoms with van der Waals surface area (Å²) in [5.74, 6) is 0. The molecule has 2 nitrogen and oxygen atoms in total. The monoisotopic (exact) mass is 210 g/mol. The molecule has 0 bridgehead atoms. The molecule has 0 N–H and O–H groups in total. The molecule has 13 heavy (non-hydrogen) atoms. The van der Waals surface area contributed by atoms with E-state index in [0.29, 0.717) is 10.3 Å². The van der Waals surface area contributed by atoms with Crippen LogP contribution in [0.2, 0.25) is 5.15 Å². The Bertz CT molecular complexity index is 445. The summed E-state index contributed by atoms with van der Waals surface area (Å²) in [5, 5.41) is 2.14. The van der Waals surface area contributed by atoms with Crippen LogP contribution < -0.4 is 0 Å². The summed E-state index contributed by atoms with van der Waals surface area (Å²) < 4.78 is 0. The molecule has 2 rings (SSSR count). The first kappa shape index (κ1) is 8.78. The number of rotatable bonds is 1. The summed E-state index contributed by atoms with van der Waals surface area (Å²) in [5.41, 5.74) is 0.895. The molecular weight excluding hydrogens is 204 g/mol. The fraction of sp³-hybridized carbons (Fsp3) is 0.111. The van der Waals surface area contributed by atoms with Gasteiger partial charge in [0.2, 0.25) is 0 Å². The second-order valence-corrected chi connectivity index (χ2v) is 3.65. The number of hydrogen-bond donors (Lipinski definition) is 0. The van der Waals surface area contributed by atoms with Gasteiger partial charge in [-0.15, -0.1) is 0 Å². The van der Waals surface area contributed by atoms with Crippen LogP contribution in [0.4, 0.5) is 0 Å². The van der Waals surface area contributed by atoms with Gasteiger partial charge in [0.15, 0.2) is 5.16 Å². The molecule has 0 saturated heterocycles. The zero-order chi connectivity index (χ0) is 9.26. The lowest BCUT2D eigenvalue weighted by Crippen LogP contribution is -1.88. The van der Waals surface area contributed by atoms with Gasteiger partial charge in [-0.25, -0.2) is 9.97 Å². The number of para-hydroxylation sites is 1. The first-order chi connectivity index (χ1) is 6.31. The molecule has 1 heterocycles. The van der Waals surface area contributed by atoms with E-state index in [9.17, 15) is 0 Å². The average Bonchev–Trinajstić information content (AvgIpc) is 2.18. The van der Waals surface area contributed by atoms with Crippen LogP contribution in [0.3, 0.4) is 0 Å². The van der Waals surface area contributed by atoms with E-state index in [-0.39, 0.29) is 0 Å². The van der Waals surface area contributed by atoms with Gasteiger partial charge in [-0.1, -0.05) is 35.5 Å². The van der Waals surface area contributed by atoms with Crippen LogP contribution in [-0.4, -0.2) is 16.2 Å². The summed E-state index contributed by atoms with van der Waals surface area (Å²) in [4.78, 5) is 8.46. The minimum Gasteiger partial charge on any atom is -0.222 e. The fourth-order valence-corrected chi connectivity index (χ4v) is 1.77. The van der Waals surface area contributed by atoms with Crippen LogP contribution in [-0.2, 0) is 0 Å². The standard InChI is InChI=1S/C9H7ClN2S/c1-13-9-11-7-5-3-2-4-6(7)8(10)12-9/h2-5H,1H3. The van der Waals surface area contributed by atoms with Crippen molar-refractivity contribution in [1.29, 1.82) is 0 Å². The zero-order valence-electron chi connectivity index (χ0n) is 6.99. The van der Waals surface area contributed by atoms with Gasteiger partial charge in [-0.05, 0) is 18.4 Å². The van der Waals surface area contributed by atoms with Crippen molar-refractivity contribution in [3.63, 3.8) is 0 Å². The summed E-state index contributed by atoms with van der Waals surface area (Å²) in [6, 6.07) is 7.72. The molecule has 0 fully saturated rings. The quantitative estimate of drug-likeness (QED) is 0.411. The maximum absolute atomic E-state index is 5.98. The summed E-state index contributed by atoms with van der Waals surface area (Å²) in [6.07, 6.45) is 1.93. The lowest BCUT2D eigenvalue weighted by molar-refractivity contribution is 1.01. The average molecular weight is 211 g/mol. The summed E-state index contributed by atoms with van der Waals surface area (Å²) >= 11 is 7.47. The van der Waals surface area contributed by atoms with Crippen molar-refractivity contribution in [2.24, 2.45) is 0 Å². The largest absolute Gasteiger partial charge is 0.222 e. The number of thioether (sulfide) groups is 1. The third-order valence-electron chi connectivity index (χ3n) is 1.72. The molecule has 4 heteroatoms. The van der Waals surface area contributed by atoms with E-state index in [1.807, 2.05) is 30.5 Å². The Morgan fingerprint density at radius 1 is 1.23 bits per heavy atom. The van der Waals surface area contributed by atoms with Gasteiger partial charge in [0, 0.05) is 5.39 Å². The second kappa shape index (κ2) is 3.52. The molecule has 0 amide bonds. The molecule has 1 aromatic carbocycles. The Balaban J connectivity index is 2.77. The first-order valence-corrected chi connectivity index (χ1v) is 5.38. The molecule has 0 aliphatic heterocycles. The third-order valence-corrected chi connectivity index (χ3v) is 2.55. The van der Waals surface area contributed by atoms with Crippen LogP contribution in [0.5, 0.6) is 0 Å². The van der Waals surface area contributed by atoms with Crippen molar-refractivity contribution in [1.82, 2.24) is 9.97 Å². The van der Waals surface area contributed by atoms with Crippen molar-refractivity contribution in [3.8, 4) is 0 Å². The normalized spacial score (nSPS) is 10.6. The summed E-state index contributed by atoms with van der Waals surface area (Å²) in [7, 11) is 0. The number of halogens is 1. The zero-order valence-corrected chi connectivity index (χ0v) is 8.56. The second-order valence-electron chi connectivity index (χ2n) is 2.52. The Morgan fingerprint density at radius 3 is 2.77 bits per heavy atom. The maximum Gasteiger partial charge on any atom is 0.189 e. The molecule has 1 aromatic heterocycles. The van der Waals surface area contributed by atoms with Crippen LogP contribution in [0.15, 0.2) is 29.4 Å². The van der Waals surface area contributed by atoms with E-state index in [4.69, 9.17) is 11.6 Å². The van der Waals surface area contributed by atoms with Crippen LogP contribution in [0.1, 0.15) is 0 Å². The topological polar surface area (TPSA) is 25.8 Å². The Kier molecular flexibility index (Phi) is 2.38. The molecule has 0 spiro atoms. The minimum atomic E-state index is 0.523. The molecule has 66 valence electrons. The van der Waals surface area contributed by atoms with E-state index in [0.717, 1.165) is 10.9 Å². The number of aromatic nitrogens is 2. The minimum absolute atomic E-state index is 0.523. The highest BCUT2D eigenvalue weighted by molar-refractivity contribution is 7.98. The molecule has 0 unspecified atom stereocenters. The van der Waals surface area contributed by atoms with Gasteiger partial charge in [-0.3, -0.25) is 0 Å². The predicted octanol–water partition coefficient (Wildman–Crippen LogP) is 3.01. The van der Waals surface area contributed by atoms with Crippen LogP contribution >= 0.6 is 23.4 Å². The molecule has 0 saturated carbocycles. The predicted molar refractivity (Wildman–Crippen MR) is 56.3 cm³/mol. The van der Waals surface area contributed by atoms with E-state index in [1.165, 1.54) is 11.8 Å². The Hall–Kier alpha value is -0.800.